The van der Waals surface area contributed by atoms with E-state index < -0.39 is 24.4 Å². The van der Waals surface area contributed by atoms with E-state index in [-0.39, 0.29) is 6.54 Å². The molecule has 8 nitrogen and oxygen atoms in total. The van der Waals surface area contributed by atoms with Gasteiger partial charge in [0.1, 0.15) is 12.3 Å². The Hall–Kier alpha value is -3.86. The van der Waals surface area contributed by atoms with Gasteiger partial charge in [-0.2, -0.15) is 5.26 Å². The minimum Gasteiger partial charge on any atom is -0.494 e. The van der Waals surface area contributed by atoms with Gasteiger partial charge in [0.2, 0.25) is 0 Å². The number of hydrogen-bond donors (Lipinski definition) is 2. The Morgan fingerprint density at radius 2 is 1.87 bits per heavy atom. The maximum absolute atomic E-state index is 12.1. The summed E-state index contributed by atoms with van der Waals surface area (Å²) in [6.45, 7) is 1.81. The molecule has 0 aliphatic carbocycles. The van der Waals surface area contributed by atoms with Crippen molar-refractivity contribution in [3.05, 3.63) is 59.7 Å². The molecule has 0 saturated heterocycles. The van der Waals surface area contributed by atoms with Crippen molar-refractivity contribution in [2.75, 3.05) is 25.1 Å². The maximum Gasteiger partial charge on any atom is 0.325 e. The highest BCUT2D eigenvalue weighted by Crippen LogP contribution is 2.13. The van der Waals surface area contributed by atoms with Gasteiger partial charge in [0.15, 0.2) is 6.61 Å². The third-order valence-electron chi connectivity index (χ3n) is 3.92. The smallest absolute Gasteiger partial charge is 0.325 e. The van der Waals surface area contributed by atoms with Crippen molar-refractivity contribution >= 4 is 23.5 Å². The number of nitrogens with one attached hydrogen (secondary N) is 2. The molecule has 156 valence electrons. The number of carbonyl (C=O) groups is 3. The highest BCUT2D eigenvalue weighted by Gasteiger charge is 2.11. The second kappa shape index (κ2) is 11.9. The first-order chi connectivity index (χ1) is 14.5. The molecule has 30 heavy (non-hydrogen) atoms. The highest BCUT2D eigenvalue weighted by atomic mass is 16.5. The largest absolute Gasteiger partial charge is 0.494 e. The van der Waals surface area contributed by atoms with Crippen molar-refractivity contribution in [3.63, 3.8) is 0 Å². The first-order valence-electron chi connectivity index (χ1n) is 9.48. The topological polar surface area (TPSA) is 118 Å². The van der Waals surface area contributed by atoms with Crippen LogP contribution in [-0.2, 0) is 14.3 Å². The monoisotopic (exact) mass is 409 g/mol. The van der Waals surface area contributed by atoms with Crippen LogP contribution in [0.3, 0.4) is 0 Å². The van der Waals surface area contributed by atoms with E-state index in [0.29, 0.717) is 29.2 Å². The number of rotatable bonds is 10. The molecule has 0 aliphatic rings. The second-order valence-corrected chi connectivity index (χ2v) is 6.31. The van der Waals surface area contributed by atoms with Crippen LogP contribution in [0.4, 0.5) is 5.69 Å². The zero-order chi connectivity index (χ0) is 21.8. The van der Waals surface area contributed by atoms with Crippen LogP contribution in [0, 0.1) is 11.3 Å². The van der Waals surface area contributed by atoms with Crippen LogP contribution >= 0.6 is 0 Å². The molecule has 2 aromatic carbocycles. The van der Waals surface area contributed by atoms with Crippen LogP contribution in [-0.4, -0.2) is 37.5 Å². The van der Waals surface area contributed by atoms with Gasteiger partial charge >= 0.3 is 5.97 Å². The lowest BCUT2D eigenvalue weighted by Gasteiger charge is -2.09. The van der Waals surface area contributed by atoms with E-state index in [0.717, 1.165) is 12.8 Å². The molecule has 0 spiro atoms. The minimum atomic E-state index is -0.746. The van der Waals surface area contributed by atoms with E-state index in [9.17, 15) is 14.4 Å². The molecule has 0 radical (unpaired) electrons. The zero-order valence-corrected chi connectivity index (χ0v) is 16.6. The number of anilines is 1. The quantitative estimate of drug-likeness (QED) is 0.460. The van der Waals surface area contributed by atoms with Crippen molar-refractivity contribution in [3.8, 4) is 11.8 Å². The summed E-state index contributed by atoms with van der Waals surface area (Å²) in [5.41, 5.74) is 1.19. The predicted octanol–water partition coefficient (Wildman–Crippen LogP) is 2.65. The molecule has 0 atom stereocenters. The van der Waals surface area contributed by atoms with Crippen molar-refractivity contribution < 1.29 is 23.9 Å². The number of esters is 1. The lowest BCUT2D eigenvalue weighted by atomic mass is 10.2. The minimum absolute atomic E-state index is 0.370. The lowest BCUT2D eigenvalue weighted by Crippen LogP contribution is -2.32. The molecule has 0 fully saturated rings. The van der Waals surface area contributed by atoms with Gasteiger partial charge in [-0.05, 0) is 48.9 Å². The van der Waals surface area contributed by atoms with Crippen LogP contribution in [0.15, 0.2) is 48.5 Å². The van der Waals surface area contributed by atoms with E-state index in [1.807, 2.05) is 6.07 Å². The first kappa shape index (κ1) is 22.4. The zero-order valence-electron chi connectivity index (χ0n) is 16.6. The number of nitrogens with zero attached hydrogens (tertiary/aromatic N) is 1. The summed E-state index contributed by atoms with van der Waals surface area (Å²) in [5.74, 6) is -1.07. The Bertz CT molecular complexity index is 919. The van der Waals surface area contributed by atoms with Crippen LogP contribution in [0.1, 0.15) is 35.7 Å². The van der Waals surface area contributed by atoms with Gasteiger partial charge in [-0.3, -0.25) is 14.4 Å². The average molecular weight is 409 g/mol. The molecule has 2 amide bonds. The van der Waals surface area contributed by atoms with Crippen molar-refractivity contribution in [1.29, 1.82) is 5.26 Å². The van der Waals surface area contributed by atoms with Gasteiger partial charge in [0.05, 0.1) is 18.2 Å². The second-order valence-electron chi connectivity index (χ2n) is 6.31. The van der Waals surface area contributed by atoms with Crippen LogP contribution in [0.5, 0.6) is 5.75 Å². The fourth-order valence-electron chi connectivity index (χ4n) is 2.35. The molecule has 0 unspecified atom stereocenters. The number of carbonyl (C=O) groups excluding carboxylic acids is 3. The van der Waals surface area contributed by atoms with Gasteiger partial charge in [0.25, 0.3) is 11.8 Å². The van der Waals surface area contributed by atoms with Crippen LogP contribution < -0.4 is 15.4 Å². The summed E-state index contributed by atoms with van der Waals surface area (Å²) in [6.07, 6.45) is 1.99. The number of ether oxygens (including phenoxy) is 2. The fourth-order valence-corrected chi connectivity index (χ4v) is 2.35. The predicted molar refractivity (Wildman–Crippen MR) is 110 cm³/mol. The van der Waals surface area contributed by atoms with E-state index in [4.69, 9.17) is 14.7 Å². The summed E-state index contributed by atoms with van der Waals surface area (Å²) in [4.78, 5) is 35.7. The Labute approximate surface area is 174 Å². The number of benzene rings is 2. The third kappa shape index (κ3) is 7.64. The molecular formula is C22H23N3O5. The SMILES string of the molecule is CCCCOc1ccc(C(=O)NCC(=O)OCC(=O)Nc2cccc(C#N)c2)cc1. The highest BCUT2D eigenvalue weighted by molar-refractivity contribution is 5.96. The first-order valence-corrected chi connectivity index (χ1v) is 9.48. The van der Waals surface area contributed by atoms with Crippen molar-refractivity contribution in [1.82, 2.24) is 5.32 Å². The van der Waals surface area contributed by atoms with Gasteiger partial charge in [-0.1, -0.05) is 19.4 Å². The van der Waals surface area contributed by atoms with E-state index in [1.165, 1.54) is 6.07 Å². The Morgan fingerprint density at radius 3 is 2.57 bits per heavy atom. The van der Waals surface area contributed by atoms with Gasteiger partial charge in [-0.15, -0.1) is 0 Å². The molecule has 0 aliphatic heterocycles. The normalized spacial score (nSPS) is 9.87. The summed E-state index contributed by atoms with van der Waals surface area (Å²) >= 11 is 0. The molecule has 0 aromatic heterocycles. The summed E-state index contributed by atoms with van der Waals surface area (Å²) in [5, 5.41) is 13.8. The molecule has 0 saturated carbocycles. The van der Waals surface area contributed by atoms with Gasteiger partial charge in [0, 0.05) is 11.3 Å². The molecule has 8 heteroatoms. The number of unbranched alkanes of at least 4 members (excludes halogenated alkanes) is 1. The molecule has 2 N–H and O–H groups in total. The standard InChI is InChI=1S/C22H23N3O5/c1-2-3-11-29-19-9-7-17(8-10-19)22(28)24-14-21(27)30-15-20(26)25-18-6-4-5-16(12-18)13-23/h4-10,12H,2-3,11,14-15H2,1H3,(H,24,28)(H,25,26). The van der Waals surface area contributed by atoms with E-state index >= 15 is 0 Å². The fraction of sp³-hybridized carbons (Fsp3) is 0.273. The molecule has 2 rings (SSSR count). The summed E-state index contributed by atoms with van der Waals surface area (Å²) in [7, 11) is 0. The Balaban J connectivity index is 1.71. The van der Waals surface area contributed by atoms with Crippen molar-refractivity contribution in [2.45, 2.75) is 19.8 Å². The van der Waals surface area contributed by atoms with Crippen LogP contribution in [0.2, 0.25) is 0 Å². The third-order valence-corrected chi connectivity index (χ3v) is 3.92. The molecular weight excluding hydrogens is 386 g/mol. The van der Waals surface area contributed by atoms with E-state index in [1.54, 1.807) is 42.5 Å². The summed E-state index contributed by atoms with van der Waals surface area (Å²) < 4.78 is 10.4. The van der Waals surface area contributed by atoms with Gasteiger partial charge in [-0.25, -0.2) is 0 Å². The molecule has 2 aromatic rings. The number of hydrogen-bond acceptors (Lipinski definition) is 6. The Morgan fingerprint density at radius 1 is 1.10 bits per heavy atom. The van der Waals surface area contributed by atoms with E-state index in [2.05, 4.69) is 17.6 Å². The van der Waals surface area contributed by atoms with Crippen LogP contribution in [0.25, 0.3) is 0 Å². The average Bonchev–Trinajstić information content (AvgIpc) is 2.76. The molecule has 0 heterocycles. The maximum atomic E-state index is 12.1. The molecule has 0 bridgehead atoms. The van der Waals surface area contributed by atoms with Gasteiger partial charge < -0.3 is 20.1 Å². The number of amides is 2. The number of nitriles is 1. The lowest BCUT2D eigenvalue weighted by molar-refractivity contribution is -0.146. The summed E-state index contributed by atoms with van der Waals surface area (Å²) in [6, 6.07) is 14.9. The van der Waals surface area contributed by atoms with Crippen molar-refractivity contribution in [2.24, 2.45) is 0 Å². The Kier molecular flexibility index (Phi) is 8.87.